The predicted octanol–water partition coefficient (Wildman–Crippen LogP) is 8.53. The maximum atomic E-state index is 14.8. The Morgan fingerprint density at radius 2 is 0.833 bits per heavy atom. The van der Waals surface area contributed by atoms with E-state index in [0.717, 1.165) is 11.1 Å². The Hall–Kier alpha value is -4.26. The van der Waals surface area contributed by atoms with Crippen LogP contribution in [0.3, 0.4) is 0 Å². The van der Waals surface area contributed by atoms with Crippen LogP contribution in [0.2, 0.25) is 0 Å². The highest BCUT2D eigenvalue weighted by Crippen LogP contribution is 2.43. The minimum absolute atomic E-state index is 0.00298. The molecule has 0 radical (unpaired) electrons. The Kier molecular flexibility index (Phi) is 9.61. The van der Waals surface area contributed by atoms with Crippen LogP contribution in [-0.2, 0) is 19.7 Å². The molecule has 0 aliphatic carbocycles. The maximum Gasteiger partial charge on any atom is 0.208 e. The van der Waals surface area contributed by atoms with Gasteiger partial charge >= 0.3 is 0 Å². The van der Waals surface area contributed by atoms with Crippen LogP contribution in [0.15, 0.2) is 154 Å². The van der Waals surface area contributed by atoms with E-state index in [-0.39, 0.29) is 32.4 Å². The smallest absolute Gasteiger partial charge is 0.208 e. The molecule has 0 bridgehead atoms. The molecule has 0 unspecified atom stereocenters. The van der Waals surface area contributed by atoms with Crippen LogP contribution >= 0.6 is 0 Å². The molecule has 42 heavy (non-hydrogen) atoms. The fourth-order valence-electron chi connectivity index (χ4n) is 4.76. The standard InChI is InChI=1S/C36H34O4S2/c1-5-13-33(29-15-9-7-10-16-29)35(41(37,38)31-23-19-27(3)20-24-31)36(34(14-6-2)30-17-11-8-12-18-30)42(39,40)32-25-21-28(4)22-26-32/h5-12,15-26H,1-2,13-14H2,3-4H3/b35-33-,36-34-. The number of aryl methyl sites for hydroxylation is 2. The summed E-state index contributed by atoms with van der Waals surface area (Å²) in [7, 11) is -8.79. The van der Waals surface area contributed by atoms with Gasteiger partial charge in [-0.2, -0.15) is 0 Å². The maximum absolute atomic E-state index is 14.8. The van der Waals surface area contributed by atoms with Crippen molar-refractivity contribution < 1.29 is 16.8 Å². The lowest BCUT2D eigenvalue weighted by Gasteiger charge is -2.23. The van der Waals surface area contributed by atoms with Crippen molar-refractivity contribution in [3.8, 4) is 0 Å². The van der Waals surface area contributed by atoms with Gasteiger partial charge in [0.1, 0.15) is 0 Å². The third-order valence-corrected chi connectivity index (χ3v) is 10.8. The first-order valence-corrected chi connectivity index (χ1v) is 16.5. The molecule has 0 N–H and O–H groups in total. The molecule has 0 aliphatic rings. The van der Waals surface area contributed by atoms with Crippen molar-refractivity contribution in [1.82, 2.24) is 0 Å². The average Bonchev–Trinajstić information content (AvgIpc) is 2.99. The van der Waals surface area contributed by atoms with Crippen LogP contribution in [0, 0.1) is 13.8 Å². The first-order valence-electron chi connectivity index (χ1n) is 13.5. The van der Waals surface area contributed by atoms with Gasteiger partial charge < -0.3 is 0 Å². The Morgan fingerprint density at radius 3 is 1.12 bits per heavy atom. The largest absolute Gasteiger partial charge is 0.218 e. The molecule has 6 heteroatoms. The average molecular weight is 595 g/mol. The first-order chi connectivity index (χ1) is 20.1. The van der Waals surface area contributed by atoms with Crippen LogP contribution in [0.5, 0.6) is 0 Å². The fraction of sp³-hybridized carbons (Fsp3) is 0.111. The van der Waals surface area contributed by atoms with Gasteiger partial charge in [0, 0.05) is 0 Å². The summed E-state index contributed by atoms with van der Waals surface area (Å²) in [6.45, 7) is 11.5. The summed E-state index contributed by atoms with van der Waals surface area (Å²) < 4.78 is 59.3. The molecule has 0 spiro atoms. The quantitative estimate of drug-likeness (QED) is 0.129. The molecule has 0 amide bonds. The highest BCUT2D eigenvalue weighted by atomic mass is 32.2. The number of benzene rings is 4. The van der Waals surface area contributed by atoms with E-state index in [1.807, 2.05) is 26.0 Å². The van der Waals surface area contributed by atoms with Crippen molar-refractivity contribution >= 4 is 30.8 Å². The van der Waals surface area contributed by atoms with E-state index >= 15 is 0 Å². The van der Waals surface area contributed by atoms with Crippen molar-refractivity contribution in [2.45, 2.75) is 36.5 Å². The monoisotopic (exact) mass is 594 g/mol. The molecule has 0 aliphatic heterocycles. The first kappa shape index (κ1) is 30.7. The number of sulfone groups is 2. The molecule has 4 rings (SSSR count). The van der Waals surface area contributed by atoms with Crippen LogP contribution in [-0.4, -0.2) is 16.8 Å². The van der Waals surface area contributed by atoms with Gasteiger partial charge in [0.25, 0.3) is 0 Å². The van der Waals surface area contributed by atoms with E-state index < -0.39 is 19.7 Å². The second-order valence-electron chi connectivity index (χ2n) is 9.97. The van der Waals surface area contributed by atoms with Crippen molar-refractivity contribution in [1.29, 1.82) is 0 Å². The summed E-state index contributed by atoms with van der Waals surface area (Å²) in [4.78, 5) is -0.524. The molecular formula is C36H34O4S2. The highest BCUT2D eigenvalue weighted by molar-refractivity contribution is 8.01. The molecule has 0 heterocycles. The minimum Gasteiger partial charge on any atom is -0.218 e. The van der Waals surface area contributed by atoms with Gasteiger partial charge in [-0.15, -0.1) is 13.2 Å². The topological polar surface area (TPSA) is 68.3 Å². The van der Waals surface area contributed by atoms with Gasteiger partial charge in [0.2, 0.25) is 19.7 Å². The van der Waals surface area contributed by atoms with Crippen LogP contribution in [0.25, 0.3) is 11.1 Å². The summed E-state index contributed by atoms with van der Waals surface area (Å²) in [5.41, 5.74) is 3.63. The van der Waals surface area contributed by atoms with Crippen LogP contribution < -0.4 is 0 Å². The Bertz CT molecular complexity index is 1710. The van der Waals surface area contributed by atoms with Crippen molar-refractivity contribution in [3.63, 3.8) is 0 Å². The van der Waals surface area contributed by atoms with Gasteiger partial charge in [-0.25, -0.2) is 16.8 Å². The van der Waals surface area contributed by atoms with Gasteiger partial charge in [0.05, 0.1) is 19.6 Å². The van der Waals surface area contributed by atoms with E-state index in [9.17, 15) is 16.8 Å². The normalized spacial score (nSPS) is 13.1. The summed E-state index contributed by atoms with van der Waals surface area (Å²) in [5, 5.41) is 0. The molecule has 0 atom stereocenters. The van der Waals surface area contributed by atoms with Crippen molar-refractivity contribution in [2.24, 2.45) is 0 Å². The lowest BCUT2D eigenvalue weighted by atomic mass is 9.98. The van der Waals surface area contributed by atoms with Crippen molar-refractivity contribution in [3.05, 3.63) is 167 Å². The molecule has 0 fully saturated rings. The predicted molar refractivity (Wildman–Crippen MR) is 173 cm³/mol. The Labute approximate surface area is 249 Å². The summed E-state index contributed by atoms with van der Waals surface area (Å²) in [5.74, 6) is 0. The van der Waals surface area contributed by atoms with E-state index in [2.05, 4.69) is 13.2 Å². The molecule has 214 valence electrons. The number of rotatable bonds is 11. The second-order valence-corrected chi connectivity index (χ2v) is 13.7. The molecule has 0 saturated carbocycles. The number of hydrogen-bond donors (Lipinski definition) is 0. The van der Waals surface area contributed by atoms with E-state index in [1.165, 1.54) is 24.3 Å². The Morgan fingerprint density at radius 1 is 0.524 bits per heavy atom. The fourth-order valence-corrected chi connectivity index (χ4v) is 8.67. The van der Waals surface area contributed by atoms with Gasteiger partial charge in [0.15, 0.2) is 0 Å². The highest BCUT2D eigenvalue weighted by Gasteiger charge is 2.38. The summed E-state index contributed by atoms with van der Waals surface area (Å²) >= 11 is 0. The summed E-state index contributed by atoms with van der Waals surface area (Å²) in [6, 6.07) is 30.9. The van der Waals surface area contributed by atoms with Crippen LogP contribution in [0.1, 0.15) is 35.1 Å². The van der Waals surface area contributed by atoms with Gasteiger partial charge in [-0.1, -0.05) is 108 Å². The van der Waals surface area contributed by atoms with Crippen LogP contribution in [0.4, 0.5) is 0 Å². The van der Waals surface area contributed by atoms with Gasteiger partial charge in [-0.05, 0) is 73.2 Å². The molecular weight excluding hydrogens is 561 g/mol. The lowest BCUT2D eigenvalue weighted by molar-refractivity contribution is 0.596. The molecule has 4 nitrogen and oxygen atoms in total. The zero-order chi connectivity index (χ0) is 30.3. The van der Waals surface area contributed by atoms with Crippen molar-refractivity contribution in [2.75, 3.05) is 0 Å². The van der Waals surface area contributed by atoms with Gasteiger partial charge in [-0.3, -0.25) is 0 Å². The van der Waals surface area contributed by atoms with E-state index in [1.54, 1.807) is 84.9 Å². The Balaban J connectivity index is 2.30. The number of hydrogen-bond acceptors (Lipinski definition) is 4. The zero-order valence-electron chi connectivity index (χ0n) is 23.8. The molecule has 4 aromatic rings. The van der Waals surface area contributed by atoms with E-state index in [4.69, 9.17) is 0 Å². The zero-order valence-corrected chi connectivity index (χ0v) is 25.5. The lowest BCUT2D eigenvalue weighted by Crippen LogP contribution is -2.18. The SMILES string of the molecule is C=CC/C(=C(\C(=C(/CC=C)c1ccccc1)S(=O)(=O)c1ccc(C)cc1)S(=O)(=O)c1ccc(C)cc1)c1ccccc1. The third-order valence-electron chi connectivity index (χ3n) is 6.90. The third kappa shape index (κ3) is 6.46. The minimum atomic E-state index is -4.40. The molecule has 4 aromatic carbocycles. The second kappa shape index (κ2) is 13.1. The number of allylic oxidation sites excluding steroid dienone is 4. The summed E-state index contributed by atoms with van der Waals surface area (Å²) in [6.07, 6.45) is 3.43. The molecule has 0 aromatic heterocycles. The van der Waals surface area contributed by atoms with E-state index in [0.29, 0.717) is 22.3 Å². The molecule has 0 saturated heterocycles.